The molecule has 0 saturated carbocycles. The number of aromatic nitrogens is 1. The topological polar surface area (TPSA) is 39.6 Å². The standard InChI is InChI=1S/C13H21N3O/c1-3-15-4-6-16(7-5-15)13-8-11(2)12(10-17)9-14-13/h8-9,17H,3-7,10H2,1-2H3. The van der Waals surface area contributed by atoms with Gasteiger partial charge in [0.15, 0.2) is 0 Å². The van der Waals surface area contributed by atoms with Crippen molar-refractivity contribution in [1.82, 2.24) is 9.88 Å². The van der Waals surface area contributed by atoms with E-state index in [0.717, 1.165) is 49.7 Å². The minimum absolute atomic E-state index is 0.0721. The third kappa shape index (κ3) is 2.76. The van der Waals surface area contributed by atoms with Crippen LogP contribution in [-0.2, 0) is 6.61 Å². The average Bonchev–Trinajstić information content (AvgIpc) is 2.39. The highest BCUT2D eigenvalue weighted by Crippen LogP contribution is 2.17. The number of rotatable bonds is 3. The van der Waals surface area contributed by atoms with Crippen molar-refractivity contribution < 1.29 is 5.11 Å². The quantitative estimate of drug-likeness (QED) is 0.849. The second-order valence-corrected chi connectivity index (χ2v) is 4.55. The van der Waals surface area contributed by atoms with Gasteiger partial charge in [0.2, 0.25) is 0 Å². The predicted molar refractivity (Wildman–Crippen MR) is 69.2 cm³/mol. The molecular weight excluding hydrogens is 214 g/mol. The van der Waals surface area contributed by atoms with Crippen LogP contribution in [0.2, 0.25) is 0 Å². The van der Waals surface area contributed by atoms with Gasteiger partial charge in [-0.3, -0.25) is 0 Å². The first-order valence-electron chi connectivity index (χ1n) is 6.28. The molecule has 1 aliphatic heterocycles. The van der Waals surface area contributed by atoms with Crippen LogP contribution in [0, 0.1) is 6.92 Å². The van der Waals surface area contributed by atoms with Crippen LogP contribution in [0.15, 0.2) is 12.3 Å². The number of piperazine rings is 1. The van der Waals surface area contributed by atoms with Gasteiger partial charge in [0.25, 0.3) is 0 Å². The maximum Gasteiger partial charge on any atom is 0.128 e. The average molecular weight is 235 g/mol. The summed E-state index contributed by atoms with van der Waals surface area (Å²) in [4.78, 5) is 9.20. The summed E-state index contributed by atoms with van der Waals surface area (Å²) in [5.41, 5.74) is 2.04. The number of aliphatic hydroxyl groups is 1. The van der Waals surface area contributed by atoms with Crippen molar-refractivity contribution in [2.45, 2.75) is 20.5 Å². The molecule has 0 radical (unpaired) electrons. The maximum absolute atomic E-state index is 9.13. The molecule has 4 heteroatoms. The number of hydrogen-bond donors (Lipinski definition) is 1. The molecule has 1 N–H and O–H groups in total. The fourth-order valence-electron chi connectivity index (χ4n) is 2.20. The SMILES string of the molecule is CCN1CCN(c2cc(C)c(CO)cn2)CC1. The number of aryl methyl sites for hydroxylation is 1. The van der Waals surface area contributed by atoms with Gasteiger partial charge in [-0.1, -0.05) is 6.92 Å². The van der Waals surface area contributed by atoms with Crippen LogP contribution in [0.3, 0.4) is 0 Å². The molecule has 1 aromatic rings. The zero-order chi connectivity index (χ0) is 12.3. The highest BCUT2D eigenvalue weighted by Gasteiger charge is 2.16. The number of aliphatic hydroxyl groups excluding tert-OH is 1. The largest absolute Gasteiger partial charge is 0.392 e. The summed E-state index contributed by atoms with van der Waals surface area (Å²) >= 11 is 0. The molecule has 1 aliphatic rings. The Hall–Kier alpha value is -1.13. The molecule has 2 rings (SSSR count). The Morgan fingerprint density at radius 2 is 2.00 bits per heavy atom. The summed E-state index contributed by atoms with van der Waals surface area (Å²) in [5.74, 6) is 1.04. The van der Waals surface area contributed by atoms with Crippen molar-refractivity contribution >= 4 is 5.82 Å². The molecule has 0 bridgehead atoms. The summed E-state index contributed by atoms with van der Waals surface area (Å²) in [6.07, 6.45) is 1.79. The molecule has 17 heavy (non-hydrogen) atoms. The van der Waals surface area contributed by atoms with Crippen LogP contribution in [0.5, 0.6) is 0 Å². The van der Waals surface area contributed by atoms with E-state index < -0.39 is 0 Å². The Labute approximate surface area is 103 Å². The Morgan fingerprint density at radius 3 is 2.53 bits per heavy atom. The van der Waals surface area contributed by atoms with Crippen LogP contribution in [0.4, 0.5) is 5.82 Å². The van der Waals surface area contributed by atoms with Gasteiger partial charge in [-0.25, -0.2) is 4.98 Å². The monoisotopic (exact) mass is 235 g/mol. The van der Waals surface area contributed by atoms with Crippen LogP contribution in [0.1, 0.15) is 18.1 Å². The van der Waals surface area contributed by atoms with E-state index in [1.165, 1.54) is 0 Å². The fraction of sp³-hybridized carbons (Fsp3) is 0.615. The molecule has 0 aromatic carbocycles. The third-order valence-corrected chi connectivity index (χ3v) is 3.52. The molecule has 4 nitrogen and oxygen atoms in total. The Morgan fingerprint density at radius 1 is 1.29 bits per heavy atom. The summed E-state index contributed by atoms with van der Waals surface area (Å²) in [5, 5.41) is 9.13. The van der Waals surface area contributed by atoms with E-state index in [2.05, 4.69) is 27.8 Å². The highest BCUT2D eigenvalue weighted by molar-refractivity contribution is 5.43. The van der Waals surface area contributed by atoms with Gasteiger partial charge < -0.3 is 14.9 Å². The minimum atomic E-state index is 0.0721. The minimum Gasteiger partial charge on any atom is -0.392 e. The van der Waals surface area contributed by atoms with Crippen molar-refractivity contribution in [3.63, 3.8) is 0 Å². The van der Waals surface area contributed by atoms with E-state index in [1.807, 2.05) is 6.92 Å². The van der Waals surface area contributed by atoms with Crippen molar-refractivity contribution in [3.05, 3.63) is 23.4 Å². The van der Waals surface area contributed by atoms with Gasteiger partial charge in [-0.2, -0.15) is 0 Å². The van der Waals surface area contributed by atoms with Gasteiger partial charge >= 0.3 is 0 Å². The lowest BCUT2D eigenvalue weighted by Crippen LogP contribution is -2.46. The lowest BCUT2D eigenvalue weighted by Gasteiger charge is -2.34. The number of likely N-dealkylation sites (N-methyl/N-ethyl adjacent to an activating group) is 1. The van der Waals surface area contributed by atoms with E-state index in [1.54, 1.807) is 6.20 Å². The molecule has 1 aromatic heterocycles. The summed E-state index contributed by atoms with van der Waals surface area (Å²) in [7, 11) is 0. The third-order valence-electron chi connectivity index (χ3n) is 3.52. The molecule has 2 heterocycles. The van der Waals surface area contributed by atoms with E-state index in [0.29, 0.717) is 0 Å². The molecular formula is C13H21N3O. The van der Waals surface area contributed by atoms with Crippen LogP contribution in [-0.4, -0.2) is 47.7 Å². The molecule has 0 amide bonds. The first kappa shape index (κ1) is 12.3. The first-order chi connectivity index (χ1) is 8.24. The molecule has 0 unspecified atom stereocenters. The first-order valence-corrected chi connectivity index (χ1v) is 6.28. The lowest BCUT2D eigenvalue weighted by atomic mass is 10.1. The van der Waals surface area contributed by atoms with Crippen molar-refractivity contribution in [2.75, 3.05) is 37.6 Å². The number of pyridine rings is 1. The number of anilines is 1. The molecule has 0 spiro atoms. The van der Waals surface area contributed by atoms with Crippen LogP contribution >= 0.6 is 0 Å². The molecule has 1 fully saturated rings. The van der Waals surface area contributed by atoms with Gasteiger partial charge in [0, 0.05) is 32.4 Å². The lowest BCUT2D eigenvalue weighted by molar-refractivity contribution is 0.270. The summed E-state index contributed by atoms with van der Waals surface area (Å²) in [6, 6.07) is 2.08. The maximum atomic E-state index is 9.13. The van der Waals surface area contributed by atoms with Crippen molar-refractivity contribution in [3.8, 4) is 0 Å². The summed E-state index contributed by atoms with van der Waals surface area (Å²) < 4.78 is 0. The zero-order valence-corrected chi connectivity index (χ0v) is 10.7. The van der Waals surface area contributed by atoms with E-state index in [-0.39, 0.29) is 6.61 Å². The van der Waals surface area contributed by atoms with Crippen LogP contribution < -0.4 is 4.90 Å². The van der Waals surface area contributed by atoms with E-state index in [9.17, 15) is 0 Å². The van der Waals surface area contributed by atoms with Gasteiger partial charge in [-0.05, 0) is 30.7 Å². The second-order valence-electron chi connectivity index (χ2n) is 4.55. The second kappa shape index (κ2) is 5.47. The number of hydrogen-bond acceptors (Lipinski definition) is 4. The van der Waals surface area contributed by atoms with Gasteiger partial charge in [-0.15, -0.1) is 0 Å². The normalized spacial score (nSPS) is 17.5. The highest BCUT2D eigenvalue weighted by atomic mass is 16.3. The van der Waals surface area contributed by atoms with Gasteiger partial charge in [0.05, 0.1) is 6.61 Å². The van der Waals surface area contributed by atoms with Crippen molar-refractivity contribution in [1.29, 1.82) is 0 Å². The molecule has 1 saturated heterocycles. The fourth-order valence-corrected chi connectivity index (χ4v) is 2.20. The Bertz CT molecular complexity index is 373. The molecule has 0 atom stereocenters. The zero-order valence-electron chi connectivity index (χ0n) is 10.7. The molecule has 94 valence electrons. The number of nitrogens with zero attached hydrogens (tertiary/aromatic N) is 3. The smallest absolute Gasteiger partial charge is 0.128 e. The Balaban J connectivity index is 2.06. The molecule has 0 aliphatic carbocycles. The van der Waals surface area contributed by atoms with E-state index >= 15 is 0 Å². The van der Waals surface area contributed by atoms with E-state index in [4.69, 9.17) is 5.11 Å². The summed E-state index contributed by atoms with van der Waals surface area (Å²) in [6.45, 7) is 9.73. The van der Waals surface area contributed by atoms with Crippen LogP contribution in [0.25, 0.3) is 0 Å². The predicted octanol–water partition coefficient (Wildman–Crippen LogP) is 1.02. The van der Waals surface area contributed by atoms with Gasteiger partial charge in [0.1, 0.15) is 5.82 Å². The Kier molecular flexibility index (Phi) is 3.97. The van der Waals surface area contributed by atoms with Crippen molar-refractivity contribution in [2.24, 2.45) is 0 Å².